The lowest BCUT2D eigenvalue weighted by Gasteiger charge is -2.38. The molecule has 0 saturated carbocycles. The molecule has 1 spiro atoms. The Labute approximate surface area is 149 Å². The molecule has 25 heavy (non-hydrogen) atoms. The number of hydrogen-bond donors (Lipinski definition) is 0. The first-order valence-corrected chi connectivity index (χ1v) is 9.19. The number of hydrogen-bond acceptors (Lipinski definition) is 4. The normalized spacial score (nSPS) is 23.0. The molecule has 3 heterocycles. The molecule has 2 fully saturated rings. The van der Waals surface area contributed by atoms with Crippen molar-refractivity contribution in [3.8, 4) is 5.75 Å². The maximum absolute atomic E-state index is 6.21. The van der Waals surface area contributed by atoms with Gasteiger partial charge in [-0.25, -0.2) is 0 Å². The Morgan fingerprint density at radius 2 is 2.00 bits per heavy atom. The summed E-state index contributed by atoms with van der Waals surface area (Å²) < 4.78 is 12.2. The molecule has 1 atom stereocenters. The summed E-state index contributed by atoms with van der Waals surface area (Å²) in [6, 6.07) is 12.7. The van der Waals surface area contributed by atoms with Crippen molar-refractivity contribution in [3.63, 3.8) is 0 Å². The van der Waals surface area contributed by atoms with E-state index in [0.717, 1.165) is 44.6 Å². The first kappa shape index (κ1) is 16.6. The van der Waals surface area contributed by atoms with Crippen molar-refractivity contribution in [2.75, 3.05) is 19.7 Å². The molecular formula is C21H26N2O2. The number of nitrogens with zero attached hydrogens (tertiary/aromatic N) is 2. The number of benzene rings is 1. The van der Waals surface area contributed by atoms with Crippen molar-refractivity contribution in [1.29, 1.82) is 0 Å². The van der Waals surface area contributed by atoms with E-state index in [-0.39, 0.29) is 11.7 Å². The highest BCUT2D eigenvalue weighted by Crippen LogP contribution is 2.37. The average Bonchev–Trinajstić information content (AvgIpc) is 3.02. The van der Waals surface area contributed by atoms with Gasteiger partial charge in [0.2, 0.25) is 0 Å². The van der Waals surface area contributed by atoms with E-state index in [0.29, 0.717) is 6.61 Å². The summed E-state index contributed by atoms with van der Waals surface area (Å²) in [5.41, 5.74) is 2.73. The predicted molar refractivity (Wildman–Crippen MR) is 97.6 cm³/mol. The summed E-state index contributed by atoms with van der Waals surface area (Å²) in [4.78, 5) is 6.65. The van der Waals surface area contributed by atoms with Gasteiger partial charge in [-0.05, 0) is 37.5 Å². The molecule has 132 valence electrons. The molecule has 0 aliphatic carbocycles. The lowest BCUT2D eigenvalue weighted by molar-refractivity contribution is -0.0454. The van der Waals surface area contributed by atoms with Gasteiger partial charge < -0.3 is 9.47 Å². The second-order valence-corrected chi connectivity index (χ2v) is 7.39. The molecule has 4 nitrogen and oxygen atoms in total. The highest BCUT2D eigenvalue weighted by atomic mass is 16.6. The number of piperidine rings is 1. The lowest BCUT2D eigenvalue weighted by Crippen LogP contribution is -2.44. The van der Waals surface area contributed by atoms with Crippen LogP contribution in [0.1, 0.15) is 30.4 Å². The van der Waals surface area contributed by atoms with Crippen LogP contribution in [0.4, 0.5) is 0 Å². The molecule has 0 radical (unpaired) electrons. The van der Waals surface area contributed by atoms with Crippen molar-refractivity contribution in [3.05, 3.63) is 59.9 Å². The minimum atomic E-state index is 0.0106. The number of aryl methyl sites for hydroxylation is 1. The molecule has 0 amide bonds. The second kappa shape index (κ2) is 7.14. The van der Waals surface area contributed by atoms with Crippen LogP contribution in [0.15, 0.2) is 48.8 Å². The Bertz CT molecular complexity index is 679. The molecule has 0 unspecified atom stereocenters. The molecule has 2 aliphatic rings. The van der Waals surface area contributed by atoms with Gasteiger partial charge >= 0.3 is 0 Å². The molecule has 1 aromatic heterocycles. The Morgan fingerprint density at radius 3 is 2.72 bits per heavy atom. The molecule has 2 aromatic rings. The molecule has 4 heteroatoms. The van der Waals surface area contributed by atoms with E-state index in [1.807, 2.05) is 12.1 Å². The Hall–Kier alpha value is -1.91. The van der Waals surface area contributed by atoms with Crippen LogP contribution in [0, 0.1) is 6.92 Å². The quantitative estimate of drug-likeness (QED) is 0.853. The van der Waals surface area contributed by atoms with Crippen LogP contribution in [0.5, 0.6) is 5.75 Å². The van der Waals surface area contributed by atoms with E-state index in [1.165, 1.54) is 11.1 Å². The van der Waals surface area contributed by atoms with Gasteiger partial charge in [0.1, 0.15) is 11.9 Å². The monoisotopic (exact) mass is 338 g/mol. The number of likely N-dealkylation sites (tertiary alicyclic amines) is 1. The SMILES string of the molecule is Cc1ccc(CN2CCC3(CC2)C[C@H](Oc2cccnc2)CO3)cc1. The third-order valence-corrected chi connectivity index (χ3v) is 5.41. The van der Waals surface area contributed by atoms with Gasteiger partial charge in [-0.2, -0.15) is 0 Å². The van der Waals surface area contributed by atoms with Crippen molar-refractivity contribution >= 4 is 0 Å². The summed E-state index contributed by atoms with van der Waals surface area (Å²) in [7, 11) is 0. The number of rotatable bonds is 4. The zero-order valence-electron chi connectivity index (χ0n) is 14.9. The van der Waals surface area contributed by atoms with Gasteiger partial charge in [0, 0.05) is 32.3 Å². The summed E-state index contributed by atoms with van der Waals surface area (Å²) >= 11 is 0. The van der Waals surface area contributed by atoms with Crippen LogP contribution in [-0.2, 0) is 11.3 Å². The smallest absolute Gasteiger partial charge is 0.138 e. The first-order valence-electron chi connectivity index (χ1n) is 9.19. The summed E-state index contributed by atoms with van der Waals surface area (Å²) in [6.45, 7) is 6.04. The Balaban J connectivity index is 1.29. The molecule has 0 bridgehead atoms. The van der Waals surface area contributed by atoms with Crippen molar-refractivity contribution in [2.24, 2.45) is 0 Å². The number of ether oxygens (including phenoxy) is 2. The van der Waals surface area contributed by atoms with E-state index in [2.05, 4.69) is 41.1 Å². The fourth-order valence-electron chi connectivity index (χ4n) is 3.91. The molecular weight excluding hydrogens is 312 g/mol. The van der Waals surface area contributed by atoms with Crippen LogP contribution in [0.2, 0.25) is 0 Å². The van der Waals surface area contributed by atoms with Gasteiger partial charge in [0.25, 0.3) is 0 Å². The van der Waals surface area contributed by atoms with Gasteiger partial charge in [-0.1, -0.05) is 29.8 Å². The lowest BCUT2D eigenvalue weighted by atomic mass is 9.88. The van der Waals surface area contributed by atoms with E-state index < -0.39 is 0 Å². The van der Waals surface area contributed by atoms with Gasteiger partial charge in [0.05, 0.1) is 18.4 Å². The summed E-state index contributed by atoms with van der Waals surface area (Å²) in [6.07, 6.45) is 6.85. The zero-order chi connectivity index (χ0) is 17.1. The fourth-order valence-corrected chi connectivity index (χ4v) is 3.91. The third-order valence-electron chi connectivity index (χ3n) is 5.41. The minimum Gasteiger partial charge on any atom is -0.486 e. The van der Waals surface area contributed by atoms with Crippen LogP contribution < -0.4 is 4.74 Å². The van der Waals surface area contributed by atoms with E-state index in [9.17, 15) is 0 Å². The maximum Gasteiger partial charge on any atom is 0.138 e. The van der Waals surface area contributed by atoms with E-state index >= 15 is 0 Å². The first-order chi connectivity index (χ1) is 12.2. The molecule has 0 N–H and O–H groups in total. The fraction of sp³-hybridized carbons (Fsp3) is 0.476. The molecule has 2 aliphatic heterocycles. The maximum atomic E-state index is 6.21. The van der Waals surface area contributed by atoms with Crippen LogP contribution in [-0.4, -0.2) is 41.3 Å². The van der Waals surface area contributed by atoms with Gasteiger partial charge in [-0.15, -0.1) is 0 Å². The average molecular weight is 338 g/mol. The van der Waals surface area contributed by atoms with Crippen LogP contribution in [0.3, 0.4) is 0 Å². The van der Waals surface area contributed by atoms with Crippen LogP contribution in [0.25, 0.3) is 0 Å². The summed E-state index contributed by atoms with van der Waals surface area (Å²) in [5, 5.41) is 0. The molecule has 4 rings (SSSR count). The van der Waals surface area contributed by atoms with E-state index in [1.54, 1.807) is 12.4 Å². The Kier molecular flexibility index (Phi) is 4.73. The summed E-state index contributed by atoms with van der Waals surface area (Å²) in [5.74, 6) is 0.838. The van der Waals surface area contributed by atoms with Crippen molar-refractivity contribution in [2.45, 2.75) is 44.4 Å². The zero-order valence-corrected chi connectivity index (χ0v) is 14.9. The molecule has 1 aromatic carbocycles. The van der Waals surface area contributed by atoms with Gasteiger partial charge in [-0.3, -0.25) is 9.88 Å². The van der Waals surface area contributed by atoms with Gasteiger partial charge in [0.15, 0.2) is 0 Å². The topological polar surface area (TPSA) is 34.6 Å². The van der Waals surface area contributed by atoms with Crippen molar-refractivity contribution in [1.82, 2.24) is 9.88 Å². The van der Waals surface area contributed by atoms with E-state index in [4.69, 9.17) is 9.47 Å². The second-order valence-electron chi connectivity index (χ2n) is 7.39. The van der Waals surface area contributed by atoms with Crippen molar-refractivity contribution < 1.29 is 9.47 Å². The molecule has 2 saturated heterocycles. The largest absolute Gasteiger partial charge is 0.486 e. The number of aromatic nitrogens is 1. The Morgan fingerprint density at radius 1 is 1.20 bits per heavy atom. The standard InChI is InChI=1S/C21H26N2O2/c1-17-4-6-18(7-5-17)15-23-11-8-21(9-12-23)13-20(16-24-21)25-19-3-2-10-22-14-19/h2-7,10,14,20H,8-9,11-13,15-16H2,1H3/t20-/m0/s1. The third kappa shape index (κ3) is 4.02. The minimum absolute atomic E-state index is 0.0106. The highest BCUT2D eigenvalue weighted by Gasteiger charge is 2.43. The van der Waals surface area contributed by atoms with Crippen LogP contribution >= 0.6 is 0 Å². The predicted octanol–water partition coefficient (Wildman–Crippen LogP) is 3.59. The highest BCUT2D eigenvalue weighted by molar-refractivity contribution is 5.21. The number of pyridine rings is 1.